The van der Waals surface area contributed by atoms with Crippen LogP contribution in [0.15, 0.2) is 6.20 Å². The Morgan fingerprint density at radius 3 is 2.74 bits per heavy atom. The van der Waals surface area contributed by atoms with Crippen molar-refractivity contribution in [1.29, 1.82) is 0 Å². The Balaban J connectivity index is 2.95. The number of aryl methyl sites for hydroxylation is 1. The summed E-state index contributed by atoms with van der Waals surface area (Å²) in [6.45, 7) is 3.90. The van der Waals surface area contributed by atoms with Crippen LogP contribution in [0.2, 0.25) is 0 Å². The Hall–Kier alpha value is -2.12. The average molecular weight is 270 g/mol. The molecule has 0 aromatic carbocycles. The number of carbonyl (C=O) groups is 1. The third kappa shape index (κ3) is 3.94. The molecule has 0 amide bonds. The van der Waals surface area contributed by atoms with Crippen LogP contribution >= 0.6 is 0 Å². The number of anilines is 1. The van der Waals surface area contributed by atoms with Crippen molar-refractivity contribution >= 4 is 17.5 Å². The molecule has 1 N–H and O–H groups in total. The van der Waals surface area contributed by atoms with E-state index >= 15 is 0 Å². The number of rotatable bonds is 6. The lowest BCUT2D eigenvalue weighted by molar-refractivity contribution is -0.384. The Labute approximate surface area is 110 Å². The second kappa shape index (κ2) is 6.17. The zero-order valence-corrected chi connectivity index (χ0v) is 11.4. The van der Waals surface area contributed by atoms with Gasteiger partial charge in [-0.05, 0) is 12.3 Å². The van der Waals surface area contributed by atoms with E-state index in [-0.39, 0.29) is 17.4 Å². The van der Waals surface area contributed by atoms with Gasteiger partial charge in [0.25, 0.3) is 0 Å². The molecular weight excluding hydrogens is 252 g/mol. The van der Waals surface area contributed by atoms with Crippen LogP contribution in [0, 0.1) is 16.0 Å². The lowest BCUT2D eigenvalue weighted by Gasteiger charge is -2.17. The molecule has 1 heterocycles. The molecule has 0 spiro atoms. The van der Waals surface area contributed by atoms with Gasteiger partial charge in [0.1, 0.15) is 12.2 Å². The van der Waals surface area contributed by atoms with Gasteiger partial charge in [-0.2, -0.15) is 0 Å². The van der Waals surface area contributed by atoms with Crippen LogP contribution in [0.25, 0.3) is 0 Å². The average Bonchev–Trinajstić information content (AvgIpc) is 2.68. The highest BCUT2D eigenvalue weighted by Gasteiger charge is 2.26. The fourth-order valence-electron chi connectivity index (χ4n) is 1.71. The van der Waals surface area contributed by atoms with E-state index in [9.17, 15) is 14.9 Å². The van der Waals surface area contributed by atoms with E-state index in [2.05, 4.69) is 15.2 Å². The smallest absolute Gasteiger partial charge is 0.330 e. The first-order valence-corrected chi connectivity index (χ1v) is 5.87. The molecule has 1 unspecified atom stereocenters. The van der Waals surface area contributed by atoms with Crippen LogP contribution in [-0.4, -0.2) is 33.8 Å². The molecule has 8 nitrogen and oxygen atoms in total. The van der Waals surface area contributed by atoms with Crippen molar-refractivity contribution < 1.29 is 14.5 Å². The number of hydrogen-bond acceptors (Lipinski definition) is 6. The van der Waals surface area contributed by atoms with Crippen LogP contribution in [-0.2, 0) is 16.6 Å². The van der Waals surface area contributed by atoms with Crippen molar-refractivity contribution in [1.82, 2.24) is 9.78 Å². The first-order chi connectivity index (χ1) is 8.85. The van der Waals surface area contributed by atoms with Crippen molar-refractivity contribution in [2.24, 2.45) is 13.0 Å². The Morgan fingerprint density at radius 2 is 2.26 bits per heavy atom. The van der Waals surface area contributed by atoms with E-state index in [1.807, 2.05) is 13.8 Å². The summed E-state index contributed by atoms with van der Waals surface area (Å²) in [5.41, 5.74) is -0.167. The van der Waals surface area contributed by atoms with Gasteiger partial charge in [0, 0.05) is 7.05 Å². The van der Waals surface area contributed by atoms with Gasteiger partial charge in [-0.1, -0.05) is 13.8 Å². The molecule has 1 aromatic rings. The van der Waals surface area contributed by atoms with Crippen molar-refractivity contribution in [3.05, 3.63) is 16.3 Å². The number of nitrogens with zero attached hydrogens (tertiary/aromatic N) is 3. The molecule has 0 saturated heterocycles. The third-order valence-electron chi connectivity index (χ3n) is 2.51. The largest absolute Gasteiger partial charge is 0.467 e. The van der Waals surface area contributed by atoms with E-state index in [0.717, 1.165) is 0 Å². The molecule has 1 aromatic heterocycles. The van der Waals surface area contributed by atoms with Crippen LogP contribution in [0.3, 0.4) is 0 Å². The van der Waals surface area contributed by atoms with Crippen LogP contribution in [0.4, 0.5) is 11.5 Å². The zero-order valence-electron chi connectivity index (χ0n) is 11.4. The van der Waals surface area contributed by atoms with Gasteiger partial charge < -0.3 is 10.1 Å². The Morgan fingerprint density at radius 1 is 1.63 bits per heavy atom. The van der Waals surface area contributed by atoms with Crippen LogP contribution in [0.1, 0.15) is 20.3 Å². The Bertz CT molecular complexity index is 469. The number of ether oxygens (including phenoxy) is 1. The van der Waals surface area contributed by atoms with Gasteiger partial charge in [-0.3, -0.25) is 14.8 Å². The molecule has 1 rings (SSSR count). The topological polar surface area (TPSA) is 99.3 Å². The van der Waals surface area contributed by atoms with Crippen molar-refractivity contribution in [3.63, 3.8) is 0 Å². The molecule has 0 bridgehead atoms. The van der Waals surface area contributed by atoms with E-state index < -0.39 is 16.9 Å². The number of nitro groups is 1. The maximum Gasteiger partial charge on any atom is 0.330 e. The number of carbonyl (C=O) groups excluding carboxylic acids is 1. The summed E-state index contributed by atoms with van der Waals surface area (Å²) in [7, 11) is 2.86. The number of methoxy groups -OCH3 is 1. The van der Waals surface area contributed by atoms with Gasteiger partial charge in [0.2, 0.25) is 5.82 Å². The first kappa shape index (κ1) is 14.9. The fourth-order valence-corrected chi connectivity index (χ4v) is 1.71. The fraction of sp³-hybridized carbons (Fsp3) is 0.636. The van der Waals surface area contributed by atoms with Gasteiger partial charge in [0.05, 0.1) is 12.0 Å². The quantitative estimate of drug-likeness (QED) is 0.475. The van der Waals surface area contributed by atoms with Gasteiger partial charge in [-0.15, -0.1) is 5.10 Å². The predicted octanol–water partition coefficient (Wildman–Crippen LogP) is 1.33. The third-order valence-corrected chi connectivity index (χ3v) is 2.51. The molecule has 106 valence electrons. The van der Waals surface area contributed by atoms with Crippen molar-refractivity contribution in [2.45, 2.75) is 26.3 Å². The summed E-state index contributed by atoms with van der Waals surface area (Å²) in [5, 5.41) is 17.6. The van der Waals surface area contributed by atoms with Crippen LogP contribution in [0.5, 0.6) is 0 Å². The van der Waals surface area contributed by atoms with E-state index in [4.69, 9.17) is 0 Å². The lowest BCUT2D eigenvalue weighted by atomic mass is 10.0. The molecule has 0 radical (unpaired) electrons. The van der Waals surface area contributed by atoms with E-state index in [1.165, 1.54) is 18.0 Å². The number of nitrogens with one attached hydrogen (secondary N) is 1. The minimum absolute atomic E-state index is 0.0727. The molecule has 19 heavy (non-hydrogen) atoms. The highest BCUT2D eigenvalue weighted by molar-refractivity contribution is 5.79. The molecule has 0 aliphatic heterocycles. The van der Waals surface area contributed by atoms with Gasteiger partial charge >= 0.3 is 11.7 Å². The summed E-state index contributed by atoms with van der Waals surface area (Å²) < 4.78 is 6.01. The molecule has 8 heteroatoms. The van der Waals surface area contributed by atoms with Gasteiger partial charge in [-0.25, -0.2) is 4.79 Å². The number of esters is 1. The highest BCUT2D eigenvalue weighted by Crippen LogP contribution is 2.23. The maximum absolute atomic E-state index is 11.7. The maximum atomic E-state index is 11.7. The molecule has 0 aliphatic rings. The van der Waals surface area contributed by atoms with Gasteiger partial charge in [0.15, 0.2) is 0 Å². The second-order valence-electron chi connectivity index (χ2n) is 4.64. The number of aromatic nitrogens is 2. The summed E-state index contributed by atoms with van der Waals surface area (Å²) in [6.07, 6.45) is 1.78. The van der Waals surface area contributed by atoms with Crippen molar-refractivity contribution in [3.8, 4) is 0 Å². The molecule has 0 aliphatic carbocycles. The summed E-state index contributed by atoms with van der Waals surface area (Å²) in [5.74, 6) is -0.156. The van der Waals surface area contributed by atoms with Crippen LogP contribution < -0.4 is 5.32 Å². The minimum Gasteiger partial charge on any atom is -0.467 e. The Kier molecular flexibility index (Phi) is 4.85. The lowest BCUT2D eigenvalue weighted by Crippen LogP contribution is -2.32. The minimum atomic E-state index is -0.654. The monoisotopic (exact) mass is 270 g/mol. The summed E-state index contributed by atoms with van der Waals surface area (Å²) in [4.78, 5) is 22.0. The molecule has 0 fully saturated rings. The zero-order chi connectivity index (χ0) is 14.6. The highest BCUT2D eigenvalue weighted by atomic mass is 16.6. The summed E-state index contributed by atoms with van der Waals surface area (Å²) in [6, 6.07) is -0.654. The van der Waals surface area contributed by atoms with E-state index in [0.29, 0.717) is 6.42 Å². The molecule has 1 atom stereocenters. The SMILES string of the molecule is COC(=O)C(CC(C)C)Nc1nn(C)cc1[N+](=O)[O-]. The molecular formula is C11H18N4O4. The number of hydrogen-bond donors (Lipinski definition) is 1. The normalized spacial score (nSPS) is 12.3. The molecule has 0 saturated carbocycles. The second-order valence-corrected chi connectivity index (χ2v) is 4.64. The standard InChI is InChI=1S/C11H18N4O4/c1-7(2)5-8(11(16)19-4)12-10-9(15(17)18)6-14(3)13-10/h6-8H,5H2,1-4H3,(H,12,13). The van der Waals surface area contributed by atoms with Crippen molar-refractivity contribution in [2.75, 3.05) is 12.4 Å². The first-order valence-electron chi connectivity index (χ1n) is 5.87. The predicted molar refractivity (Wildman–Crippen MR) is 68.7 cm³/mol. The summed E-state index contributed by atoms with van der Waals surface area (Å²) >= 11 is 0. The van der Waals surface area contributed by atoms with E-state index in [1.54, 1.807) is 7.05 Å².